The van der Waals surface area contributed by atoms with E-state index in [9.17, 15) is 35.2 Å². The van der Waals surface area contributed by atoms with Gasteiger partial charge in [0, 0.05) is 12.3 Å². The Bertz CT molecular complexity index is 821. The zero-order chi connectivity index (χ0) is 20.1. The van der Waals surface area contributed by atoms with Crippen molar-refractivity contribution in [2.75, 3.05) is 6.61 Å². The molecule has 1 N–H and O–H groups in total. The van der Waals surface area contributed by atoms with Crippen LogP contribution in [0.4, 0.5) is 8.78 Å². The van der Waals surface area contributed by atoms with Crippen molar-refractivity contribution in [3.63, 3.8) is 0 Å². The lowest BCUT2D eigenvalue weighted by molar-refractivity contribution is -0.207. The fourth-order valence-corrected chi connectivity index (χ4v) is 4.88. The van der Waals surface area contributed by atoms with E-state index in [1.54, 1.807) is 6.92 Å². The third-order valence-electron chi connectivity index (χ3n) is 4.30. The number of hydrogen-bond donors (Lipinski definition) is 1. The Morgan fingerprint density at radius 3 is 2.46 bits per heavy atom. The van der Waals surface area contributed by atoms with E-state index >= 15 is 0 Å². The summed E-state index contributed by atoms with van der Waals surface area (Å²) in [6.07, 6.45) is 0.399. The smallest absolute Gasteiger partial charge is 0.448 e. The summed E-state index contributed by atoms with van der Waals surface area (Å²) < 4.78 is 92.7. The molecule has 10 nitrogen and oxygen atoms in total. The molecule has 4 atom stereocenters. The summed E-state index contributed by atoms with van der Waals surface area (Å²) in [6.45, 7) is 1.72. The van der Waals surface area contributed by atoms with Gasteiger partial charge in [-0.05, 0) is 19.3 Å². The number of ether oxygens (including phenoxy) is 2. The molecule has 14 heteroatoms. The average Bonchev–Trinajstić information content (AvgIpc) is 2.85. The highest BCUT2D eigenvalue weighted by molar-refractivity contribution is 7.87. The second kappa shape index (κ2) is 6.35. The van der Waals surface area contributed by atoms with Crippen molar-refractivity contribution >= 4 is 32.2 Å². The standard InChI is InChI=1S/C12H16F2O10S2/c1-6-3-8-7(2)25(17,18)24-11(8,4-6)23-9(15)5-22-10(16)12(13,14)26(19,20)21/h6-8H,3-5H2,1-2H3,(H,19,20,21). The predicted molar refractivity (Wildman–Crippen MR) is 77.6 cm³/mol. The Morgan fingerprint density at radius 2 is 1.92 bits per heavy atom. The van der Waals surface area contributed by atoms with Crippen molar-refractivity contribution in [3.8, 4) is 0 Å². The van der Waals surface area contributed by atoms with Gasteiger partial charge in [-0.2, -0.15) is 25.6 Å². The van der Waals surface area contributed by atoms with E-state index in [4.69, 9.17) is 13.5 Å². The second-order valence-electron chi connectivity index (χ2n) is 6.29. The minimum atomic E-state index is -6.08. The van der Waals surface area contributed by atoms with Gasteiger partial charge in [-0.1, -0.05) is 6.92 Å². The molecule has 2 fully saturated rings. The molecular formula is C12H16F2O10S2. The molecule has 1 aliphatic carbocycles. The molecule has 0 amide bonds. The summed E-state index contributed by atoms with van der Waals surface area (Å²) in [6, 6.07) is 0. The number of esters is 2. The van der Waals surface area contributed by atoms with E-state index in [1.165, 1.54) is 6.92 Å². The fourth-order valence-electron chi connectivity index (χ4n) is 3.12. The predicted octanol–water partition coefficient (Wildman–Crippen LogP) is 0.0443. The van der Waals surface area contributed by atoms with Crippen molar-refractivity contribution in [1.82, 2.24) is 0 Å². The number of alkyl halides is 2. The third-order valence-corrected chi connectivity index (χ3v) is 6.87. The quantitative estimate of drug-likeness (QED) is 0.365. The van der Waals surface area contributed by atoms with Gasteiger partial charge in [-0.15, -0.1) is 0 Å². The highest BCUT2D eigenvalue weighted by Gasteiger charge is 2.63. The van der Waals surface area contributed by atoms with Gasteiger partial charge < -0.3 is 9.47 Å². The zero-order valence-electron chi connectivity index (χ0n) is 13.5. The molecule has 0 spiro atoms. The molecule has 2 aliphatic rings. The Labute approximate surface area is 147 Å². The van der Waals surface area contributed by atoms with E-state index in [-0.39, 0.29) is 12.3 Å². The summed E-state index contributed by atoms with van der Waals surface area (Å²) in [5.41, 5.74) is 0. The summed E-state index contributed by atoms with van der Waals surface area (Å²) in [4.78, 5) is 22.9. The Hall–Kier alpha value is -1.38. The van der Waals surface area contributed by atoms with Gasteiger partial charge in [0.25, 0.3) is 10.1 Å². The lowest BCUT2D eigenvalue weighted by atomic mass is 9.99. The van der Waals surface area contributed by atoms with Crippen molar-refractivity contribution in [2.24, 2.45) is 11.8 Å². The Morgan fingerprint density at radius 1 is 1.35 bits per heavy atom. The molecule has 2 rings (SSSR count). The molecule has 26 heavy (non-hydrogen) atoms. The minimum absolute atomic E-state index is 0.0299. The van der Waals surface area contributed by atoms with Crippen molar-refractivity contribution in [1.29, 1.82) is 0 Å². The number of fused-ring (bicyclic) bond motifs is 1. The lowest BCUT2D eigenvalue weighted by Crippen LogP contribution is -2.42. The fraction of sp³-hybridized carbons (Fsp3) is 0.833. The van der Waals surface area contributed by atoms with Crippen molar-refractivity contribution in [2.45, 2.75) is 43.0 Å². The molecule has 1 saturated heterocycles. The van der Waals surface area contributed by atoms with Crippen LogP contribution in [0.1, 0.15) is 26.7 Å². The Balaban J connectivity index is 2.07. The van der Waals surface area contributed by atoms with Gasteiger partial charge in [0.05, 0.1) is 5.25 Å². The van der Waals surface area contributed by atoms with E-state index in [1.807, 2.05) is 0 Å². The van der Waals surface area contributed by atoms with Crippen molar-refractivity contribution < 1.29 is 53.4 Å². The first-order valence-corrected chi connectivity index (χ1v) is 10.2. The lowest BCUT2D eigenvalue weighted by Gasteiger charge is -2.26. The topological polar surface area (TPSA) is 150 Å². The first-order valence-electron chi connectivity index (χ1n) is 7.31. The highest BCUT2D eigenvalue weighted by atomic mass is 32.2. The van der Waals surface area contributed by atoms with E-state index in [0.717, 1.165) is 0 Å². The zero-order valence-corrected chi connectivity index (χ0v) is 15.2. The molecule has 4 unspecified atom stereocenters. The highest BCUT2D eigenvalue weighted by Crippen LogP contribution is 2.52. The summed E-state index contributed by atoms with van der Waals surface area (Å²) in [5.74, 6) is -6.67. The molecule has 1 saturated carbocycles. The number of hydrogen-bond acceptors (Lipinski definition) is 9. The maximum atomic E-state index is 13.0. The van der Waals surface area contributed by atoms with Crippen LogP contribution in [0.5, 0.6) is 0 Å². The molecule has 0 radical (unpaired) electrons. The van der Waals surface area contributed by atoms with E-state index < -0.39 is 61.0 Å². The van der Waals surface area contributed by atoms with Crippen LogP contribution in [-0.4, -0.2) is 56.2 Å². The van der Waals surface area contributed by atoms with Crippen LogP contribution in [0, 0.1) is 11.8 Å². The van der Waals surface area contributed by atoms with Gasteiger partial charge in [0.2, 0.25) is 5.79 Å². The first kappa shape index (κ1) is 20.9. The van der Waals surface area contributed by atoms with Crippen LogP contribution in [-0.2, 0) is 43.5 Å². The Kier molecular flexibility index (Phi) is 5.11. The van der Waals surface area contributed by atoms with Crippen molar-refractivity contribution in [3.05, 3.63) is 0 Å². The third kappa shape index (κ3) is 3.54. The number of carbonyl (C=O) groups is 2. The van der Waals surface area contributed by atoms with Crippen LogP contribution in [0.15, 0.2) is 0 Å². The maximum absolute atomic E-state index is 13.0. The van der Waals surface area contributed by atoms with Crippen LogP contribution in [0.3, 0.4) is 0 Å². The molecule has 150 valence electrons. The van der Waals surface area contributed by atoms with Gasteiger partial charge in [-0.25, -0.2) is 13.8 Å². The van der Waals surface area contributed by atoms with E-state index in [0.29, 0.717) is 6.42 Å². The van der Waals surface area contributed by atoms with Gasteiger partial charge in [0.1, 0.15) is 0 Å². The largest absolute Gasteiger partial charge is 0.465 e. The van der Waals surface area contributed by atoms with Gasteiger partial charge in [0.15, 0.2) is 6.61 Å². The van der Waals surface area contributed by atoms with Crippen LogP contribution < -0.4 is 0 Å². The molecule has 0 bridgehead atoms. The molecule has 0 aromatic carbocycles. The first-order chi connectivity index (χ1) is 11.6. The monoisotopic (exact) mass is 422 g/mol. The van der Waals surface area contributed by atoms with Crippen LogP contribution in [0.2, 0.25) is 0 Å². The molecule has 1 aliphatic heterocycles. The summed E-state index contributed by atoms with van der Waals surface area (Å²) in [7, 11) is -10.1. The number of halogens is 2. The number of carbonyl (C=O) groups excluding carboxylic acids is 2. The summed E-state index contributed by atoms with van der Waals surface area (Å²) >= 11 is 0. The maximum Gasteiger partial charge on any atom is 0.465 e. The van der Waals surface area contributed by atoms with E-state index in [2.05, 4.69) is 4.74 Å². The normalized spacial score (nSPS) is 33.5. The van der Waals surface area contributed by atoms with Gasteiger partial charge in [-0.3, -0.25) is 4.55 Å². The minimum Gasteiger partial charge on any atom is -0.448 e. The second-order valence-corrected chi connectivity index (χ2v) is 9.65. The van der Waals surface area contributed by atoms with Crippen LogP contribution in [0.25, 0.3) is 0 Å². The molecule has 0 aromatic rings. The molecular weight excluding hydrogens is 406 g/mol. The van der Waals surface area contributed by atoms with Gasteiger partial charge >= 0.3 is 27.3 Å². The van der Waals surface area contributed by atoms with Crippen LogP contribution >= 0.6 is 0 Å². The average molecular weight is 422 g/mol. The number of rotatable bonds is 5. The molecule has 0 aromatic heterocycles. The summed E-state index contributed by atoms with van der Waals surface area (Å²) in [5, 5.41) is -6.23. The SMILES string of the molecule is CC1CC2C(C)S(=O)(=O)OC2(OC(=O)COC(=O)C(F)(F)S(=O)(=O)O)C1. The molecule has 1 heterocycles.